The van der Waals surface area contributed by atoms with Gasteiger partial charge in [-0.1, -0.05) is 5.16 Å². The number of rotatable bonds is 3. The van der Waals surface area contributed by atoms with Crippen LogP contribution < -0.4 is 0 Å². The van der Waals surface area contributed by atoms with Crippen LogP contribution in [0.2, 0.25) is 0 Å². The third kappa shape index (κ3) is 2.05. The van der Waals surface area contributed by atoms with Crippen LogP contribution in [0.5, 0.6) is 0 Å². The highest BCUT2D eigenvalue weighted by atomic mass is 16.6. The van der Waals surface area contributed by atoms with Crippen molar-refractivity contribution in [3.05, 3.63) is 30.4 Å². The average Bonchev–Trinajstić information content (AvgIpc) is 2.80. The summed E-state index contributed by atoms with van der Waals surface area (Å²) in [7, 11) is 0. The molecule has 0 spiro atoms. The lowest BCUT2D eigenvalue weighted by Gasteiger charge is -1.93. The summed E-state index contributed by atoms with van der Waals surface area (Å²) in [6, 6.07) is 3.44. The first kappa shape index (κ1) is 10.3. The summed E-state index contributed by atoms with van der Waals surface area (Å²) in [4.78, 5) is 19.0. The largest absolute Gasteiger partial charge is 0.459 e. The molecule has 0 unspecified atom stereocenters. The van der Waals surface area contributed by atoms with Crippen LogP contribution in [0, 0.1) is 0 Å². The number of aromatic nitrogens is 3. The molecule has 0 aromatic carbocycles. The van der Waals surface area contributed by atoms with Crippen molar-refractivity contribution in [3.63, 3.8) is 0 Å². The third-order valence-electron chi connectivity index (χ3n) is 1.81. The van der Waals surface area contributed by atoms with Crippen LogP contribution >= 0.6 is 0 Å². The van der Waals surface area contributed by atoms with Crippen molar-refractivity contribution < 1.29 is 14.1 Å². The van der Waals surface area contributed by atoms with Crippen LogP contribution in [0.15, 0.2) is 29.0 Å². The molecule has 0 aliphatic heterocycles. The number of nitrogens with zero attached hydrogens (tertiary/aromatic N) is 3. The Morgan fingerprint density at radius 3 is 2.88 bits per heavy atom. The number of ether oxygens (including phenoxy) is 1. The van der Waals surface area contributed by atoms with Crippen molar-refractivity contribution in [2.45, 2.75) is 6.92 Å². The van der Waals surface area contributed by atoms with E-state index in [1.165, 1.54) is 0 Å². The normalized spacial score (nSPS) is 10.1. The third-order valence-corrected chi connectivity index (χ3v) is 1.81. The predicted octanol–water partition coefficient (Wildman–Crippen LogP) is 1.31. The fourth-order valence-electron chi connectivity index (χ4n) is 1.12. The van der Waals surface area contributed by atoms with E-state index in [0.717, 1.165) is 5.56 Å². The van der Waals surface area contributed by atoms with Crippen molar-refractivity contribution in [3.8, 4) is 11.4 Å². The molecule has 0 aliphatic carbocycles. The maximum atomic E-state index is 11.3. The standard InChI is InChI=1S/C10H9N3O3/c1-2-15-10(14)9-12-8(13-16-9)7-3-5-11-6-4-7/h3-6H,2H2,1H3. The van der Waals surface area contributed by atoms with Gasteiger partial charge in [0.2, 0.25) is 5.82 Å². The van der Waals surface area contributed by atoms with Crippen LogP contribution in [-0.2, 0) is 4.74 Å². The molecule has 2 heterocycles. The number of hydrogen-bond acceptors (Lipinski definition) is 6. The summed E-state index contributed by atoms with van der Waals surface area (Å²) in [5, 5.41) is 3.68. The van der Waals surface area contributed by atoms with E-state index in [-0.39, 0.29) is 12.5 Å². The quantitative estimate of drug-likeness (QED) is 0.724. The lowest BCUT2D eigenvalue weighted by molar-refractivity contribution is 0.0470. The minimum Gasteiger partial charge on any atom is -0.459 e. The van der Waals surface area contributed by atoms with Gasteiger partial charge in [0.1, 0.15) is 0 Å². The molecule has 2 aromatic heterocycles. The minimum absolute atomic E-state index is 0.145. The van der Waals surface area contributed by atoms with E-state index in [9.17, 15) is 4.79 Å². The molecular weight excluding hydrogens is 210 g/mol. The first-order chi connectivity index (χ1) is 7.81. The zero-order valence-corrected chi connectivity index (χ0v) is 8.58. The molecule has 0 atom stereocenters. The first-order valence-electron chi connectivity index (χ1n) is 4.72. The van der Waals surface area contributed by atoms with E-state index >= 15 is 0 Å². The second kappa shape index (κ2) is 4.52. The van der Waals surface area contributed by atoms with E-state index in [4.69, 9.17) is 9.26 Å². The van der Waals surface area contributed by atoms with Crippen molar-refractivity contribution in [1.29, 1.82) is 0 Å². The highest BCUT2D eigenvalue weighted by Crippen LogP contribution is 2.14. The Balaban J connectivity index is 2.23. The molecule has 6 nitrogen and oxygen atoms in total. The van der Waals surface area contributed by atoms with Gasteiger partial charge in [-0.15, -0.1) is 0 Å². The van der Waals surface area contributed by atoms with E-state index in [1.807, 2.05) is 0 Å². The molecule has 82 valence electrons. The van der Waals surface area contributed by atoms with Gasteiger partial charge in [0, 0.05) is 18.0 Å². The van der Waals surface area contributed by atoms with E-state index in [2.05, 4.69) is 15.1 Å². The Labute approximate surface area is 91.3 Å². The molecule has 0 saturated carbocycles. The maximum Gasteiger partial charge on any atom is 0.397 e. The van der Waals surface area contributed by atoms with Crippen LogP contribution in [0.25, 0.3) is 11.4 Å². The first-order valence-corrected chi connectivity index (χ1v) is 4.72. The van der Waals surface area contributed by atoms with Gasteiger partial charge in [-0.25, -0.2) is 4.79 Å². The van der Waals surface area contributed by atoms with Gasteiger partial charge in [-0.2, -0.15) is 4.98 Å². The van der Waals surface area contributed by atoms with Crippen LogP contribution in [-0.4, -0.2) is 27.7 Å². The fourth-order valence-corrected chi connectivity index (χ4v) is 1.12. The highest BCUT2D eigenvalue weighted by Gasteiger charge is 2.16. The SMILES string of the molecule is CCOC(=O)c1nc(-c2ccncc2)no1. The minimum atomic E-state index is -0.615. The van der Waals surface area contributed by atoms with E-state index in [0.29, 0.717) is 5.82 Å². The lowest BCUT2D eigenvalue weighted by Crippen LogP contribution is -2.04. The number of esters is 1. The van der Waals surface area contributed by atoms with Crippen LogP contribution in [0.1, 0.15) is 17.6 Å². The predicted molar refractivity (Wildman–Crippen MR) is 53.5 cm³/mol. The van der Waals surface area contributed by atoms with Gasteiger partial charge in [0.25, 0.3) is 0 Å². The summed E-state index contributed by atoms with van der Waals surface area (Å²) in [5.41, 5.74) is 0.731. The number of hydrogen-bond donors (Lipinski definition) is 0. The Hall–Kier alpha value is -2.24. The summed E-state index contributed by atoms with van der Waals surface area (Å²) < 4.78 is 9.51. The Morgan fingerprint density at radius 2 is 2.19 bits per heavy atom. The summed E-state index contributed by atoms with van der Waals surface area (Å²) in [6.07, 6.45) is 3.21. The monoisotopic (exact) mass is 219 g/mol. The number of pyridine rings is 1. The van der Waals surface area contributed by atoms with Crippen molar-refractivity contribution >= 4 is 5.97 Å². The topological polar surface area (TPSA) is 78.1 Å². The number of carbonyl (C=O) groups is 1. The average molecular weight is 219 g/mol. The molecule has 0 radical (unpaired) electrons. The highest BCUT2D eigenvalue weighted by molar-refractivity contribution is 5.84. The Bertz CT molecular complexity index is 481. The smallest absolute Gasteiger partial charge is 0.397 e. The Kier molecular flexibility index (Phi) is 2.90. The van der Waals surface area contributed by atoms with Gasteiger partial charge < -0.3 is 9.26 Å². The zero-order valence-electron chi connectivity index (χ0n) is 8.58. The molecule has 0 N–H and O–H groups in total. The van der Waals surface area contributed by atoms with Crippen LogP contribution in [0.4, 0.5) is 0 Å². The van der Waals surface area contributed by atoms with Crippen LogP contribution in [0.3, 0.4) is 0 Å². The van der Waals surface area contributed by atoms with Crippen molar-refractivity contribution in [2.75, 3.05) is 6.61 Å². The molecule has 2 aromatic rings. The summed E-state index contributed by atoms with van der Waals surface area (Å²) >= 11 is 0. The van der Waals surface area contributed by atoms with Gasteiger partial charge in [0.15, 0.2) is 0 Å². The second-order valence-corrected chi connectivity index (χ2v) is 2.88. The van der Waals surface area contributed by atoms with Gasteiger partial charge in [0.05, 0.1) is 6.61 Å². The van der Waals surface area contributed by atoms with Crippen molar-refractivity contribution in [1.82, 2.24) is 15.1 Å². The molecule has 2 rings (SSSR count). The fraction of sp³-hybridized carbons (Fsp3) is 0.200. The molecule has 0 amide bonds. The van der Waals surface area contributed by atoms with E-state index in [1.54, 1.807) is 31.5 Å². The Morgan fingerprint density at radius 1 is 1.44 bits per heavy atom. The van der Waals surface area contributed by atoms with E-state index < -0.39 is 5.97 Å². The zero-order chi connectivity index (χ0) is 11.4. The molecule has 0 aliphatic rings. The number of carbonyl (C=O) groups excluding carboxylic acids is 1. The summed E-state index contributed by atoms with van der Waals surface area (Å²) in [6.45, 7) is 1.98. The molecule has 16 heavy (non-hydrogen) atoms. The molecule has 0 fully saturated rings. The molecule has 0 saturated heterocycles. The summed E-state index contributed by atoms with van der Waals surface area (Å²) in [5.74, 6) is -0.422. The maximum absolute atomic E-state index is 11.3. The molecular formula is C10H9N3O3. The van der Waals surface area contributed by atoms with Gasteiger partial charge in [-0.05, 0) is 19.1 Å². The molecule has 0 bridgehead atoms. The lowest BCUT2D eigenvalue weighted by atomic mass is 10.2. The van der Waals surface area contributed by atoms with Gasteiger partial charge in [-0.3, -0.25) is 4.98 Å². The van der Waals surface area contributed by atoms with Crippen molar-refractivity contribution in [2.24, 2.45) is 0 Å². The second-order valence-electron chi connectivity index (χ2n) is 2.88. The molecule has 6 heteroatoms. The van der Waals surface area contributed by atoms with Gasteiger partial charge >= 0.3 is 11.9 Å².